The van der Waals surface area contributed by atoms with Crippen LogP contribution < -0.4 is 0 Å². The highest BCUT2D eigenvalue weighted by atomic mass is 32.2. The van der Waals surface area contributed by atoms with Crippen LogP contribution in [-0.4, -0.2) is 27.1 Å². The summed E-state index contributed by atoms with van der Waals surface area (Å²) in [5, 5.41) is 20.7. The Bertz CT molecular complexity index is 468. The Kier molecular flexibility index (Phi) is 6.89. The fourth-order valence-electron chi connectivity index (χ4n) is 2.09. The molecule has 0 spiro atoms. The largest absolute Gasteiger partial charge is 0.265 e. The fraction of sp³-hybridized carbons (Fsp3) is 0.500. The molecular weight excluding hydrogens is 292 g/mol. The van der Waals surface area contributed by atoms with Gasteiger partial charge in [-0.25, -0.2) is 0 Å². The zero-order chi connectivity index (χ0) is 15.0. The topological polar surface area (TPSA) is 66.9 Å². The maximum absolute atomic E-state index is 11.0. The van der Waals surface area contributed by atoms with Crippen LogP contribution in [0, 0.1) is 21.4 Å². The van der Waals surface area contributed by atoms with E-state index in [0.29, 0.717) is 0 Å². The fourth-order valence-corrected chi connectivity index (χ4v) is 4.94. The lowest BCUT2D eigenvalue weighted by Gasteiger charge is -2.31. The van der Waals surface area contributed by atoms with Crippen LogP contribution in [0.4, 0.5) is 0 Å². The van der Waals surface area contributed by atoms with Crippen LogP contribution in [-0.2, 0) is 0 Å². The Morgan fingerprint density at radius 2 is 1.85 bits per heavy atom. The van der Waals surface area contributed by atoms with E-state index >= 15 is 0 Å². The van der Waals surface area contributed by atoms with E-state index in [1.54, 1.807) is 0 Å². The van der Waals surface area contributed by atoms with Crippen molar-refractivity contribution in [1.29, 1.82) is 5.26 Å². The first kappa shape index (κ1) is 16.9. The molecule has 0 saturated heterocycles. The highest BCUT2D eigenvalue weighted by Gasteiger charge is 2.43. The minimum atomic E-state index is -0.808. The highest BCUT2D eigenvalue weighted by Crippen LogP contribution is 2.47. The van der Waals surface area contributed by atoms with Crippen molar-refractivity contribution >= 4 is 23.5 Å². The summed E-state index contributed by atoms with van der Waals surface area (Å²) in [7, 11) is 0. The molecule has 108 valence electrons. The molecule has 0 amide bonds. The zero-order valence-corrected chi connectivity index (χ0v) is 13.2. The van der Waals surface area contributed by atoms with Crippen molar-refractivity contribution in [3.63, 3.8) is 0 Å². The van der Waals surface area contributed by atoms with E-state index < -0.39 is 10.00 Å². The Labute approximate surface area is 128 Å². The first-order valence-electron chi connectivity index (χ1n) is 6.45. The molecule has 1 atom stereocenters. The minimum absolute atomic E-state index is 0.225. The monoisotopic (exact) mass is 310 g/mol. The number of hydrogen-bond donors (Lipinski definition) is 0. The molecule has 1 rings (SSSR count). The van der Waals surface area contributed by atoms with Crippen LogP contribution in [0.3, 0.4) is 0 Å². The van der Waals surface area contributed by atoms with Gasteiger partial charge < -0.3 is 0 Å². The first-order valence-corrected chi connectivity index (χ1v) is 8.42. The van der Waals surface area contributed by atoms with Gasteiger partial charge >= 0.3 is 0 Å². The second-order valence-electron chi connectivity index (χ2n) is 4.12. The Hall–Kier alpha value is -1.19. The van der Waals surface area contributed by atoms with Crippen molar-refractivity contribution < 1.29 is 4.92 Å². The van der Waals surface area contributed by atoms with E-state index in [4.69, 9.17) is 0 Å². The smallest absolute Gasteiger partial charge is 0.213 e. The molecule has 0 heterocycles. The van der Waals surface area contributed by atoms with Crippen molar-refractivity contribution in [3.8, 4) is 6.07 Å². The highest BCUT2D eigenvalue weighted by molar-refractivity contribution is 8.18. The molecule has 6 heteroatoms. The van der Waals surface area contributed by atoms with Crippen LogP contribution in [0.5, 0.6) is 0 Å². The summed E-state index contributed by atoms with van der Waals surface area (Å²) >= 11 is 2.98. The third-order valence-corrected chi connectivity index (χ3v) is 5.76. The molecule has 0 radical (unpaired) electrons. The minimum Gasteiger partial charge on any atom is -0.265 e. The van der Waals surface area contributed by atoms with Crippen molar-refractivity contribution in [3.05, 3.63) is 46.0 Å². The van der Waals surface area contributed by atoms with E-state index in [-0.39, 0.29) is 11.5 Å². The van der Waals surface area contributed by atoms with Crippen molar-refractivity contribution in [2.24, 2.45) is 0 Å². The van der Waals surface area contributed by atoms with Gasteiger partial charge in [-0.05, 0) is 17.1 Å². The predicted molar refractivity (Wildman–Crippen MR) is 85.7 cm³/mol. The number of benzene rings is 1. The molecule has 0 aromatic heterocycles. The van der Waals surface area contributed by atoms with Crippen molar-refractivity contribution in [2.75, 3.05) is 18.1 Å². The molecule has 20 heavy (non-hydrogen) atoms. The van der Waals surface area contributed by atoms with Gasteiger partial charge in [0.15, 0.2) is 4.08 Å². The zero-order valence-electron chi connectivity index (χ0n) is 11.6. The molecule has 0 aliphatic heterocycles. The summed E-state index contributed by atoms with van der Waals surface area (Å²) in [5.74, 6) is 1.09. The summed E-state index contributed by atoms with van der Waals surface area (Å²) in [6, 6.07) is 11.7. The molecule has 0 bridgehead atoms. The van der Waals surface area contributed by atoms with Gasteiger partial charge in [0.05, 0.1) is 12.0 Å². The molecule has 4 nitrogen and oxygen atoms in total. The van der Waals surface area contributed by atoms with Crippen LogP contribution >= 0.6 is 23.5 Å². The van der Waals surface area contributed by atoms with Gasteiger partial charge in [-0.15, -0.1) is 23.5 Å². The Balaban J connectivity index is 3.24. The van der Waals surface area contributed by atoms with E-state index in [9.17, 15) is 15.4 Å². The van der Waals surface area contributed by atoms with Crippen LogP contribution in [0.25, 0.3) is 0 Å². The average molecular weight is 310 g/mol. The summed E-state index contributed by atoms with van der Waals surface area (Å²) in [4.78, 5) is 10.7. The molecule has 0 saturated carbocycles. The summed E-state index contributed by atoms with van der Waals surface area (Å²) in [5.41, 5.74) is 0.854. The Morgan fingerprint density at radius 1 is 1.30 bits per heavy atom. The quantitative estimate of drug-likeness (QED) is 0.415. The SMILES string of the molecule is CCSC(C#N)(SCC)[C@@H](C[N+](=O)[O-])c1ccccc1. The van der Waals surface area contributed by atoms with Crippen molar-refractivity contribution in [2.45, 2.75) is 23.8 Å². The van der Waals surface area contributed by atoms with Gasteiger partial charge in [0.1, 0.15) is 0 Å². The normalized spacial score (nSPS) is 12.7. The average Bonchev–Trinajstić information content (AvgIpc) is 2.45. The van der Waals surface area contributed by atoms with Crippen LogP contribution in [0.1, 0.15) is 25.3 Å². The molecule has 0 aliphatic rings. The molecule has 0 unspecified atom stereocenters. The second-order valence-corrected chi connectivity index (χ2v) is 7.40. The van der Waals surface area contributed by atoms with Crippen molar-refractivity contribution in [1.82, 2.24) is 0 Å². The lowest BCUT2D eigenvalue weighted by molar-refractivity contribution is -0.483. The maximum atomic E-state index is 11.0. The summed E-state index contributed by atoms with van der Waals surface area (Å²) in [6.45, 7) is 3.72. The van der Waals surface area contributed by atoms with E-state index in [2.05, 4.69) is 6.07 Å². The number of nitrogens with zero attached hydrogens (tertiary/aromatic N) is 2. The molecule has 1 aromatic carbocycles. The van der Waals surface area contributed by atoms with E-state index in [0.717, 1.165) is 17.1 Å². The van der Waals surface area contributed by atoms with Gasteiger partial charge in [-0.3, -0.25) is 10.1 Å². The third kappa shape index (κ3) is 4.15. The van der Waals surface area contributed by atoms with Gasteiger partial charge in [0.25, 0.3) is 0 Å². The molecule has 1 aromatic rings. The lowest BCUT2D eigenvalue weighted by Crippen LogP contribution is -2.33. The van der Waals surface area contributed by atoms with Gasteiger partial charge in [-0.1, -0.05) is 44.2 Å². The molecule has 0 fully saturated rings. The maximum Gasteiger partial charge on any atom is 0.213 e. The van der Waals surface area contributed by atoms with E-state index in [1.807, 2.05) is 44.2 Å². The predicted octanol–water partition coefficient (Wildman–Crippen LogP) is 3.77. The second kappa shape index (κ2) is 8.18. The number of rotatable bonds is 8. The first-order chi connectivity index (χ1) is 9.59. The lowest BCUT2D eigenvalue weighted by atomic mass is 9.95. The number of hydrogen-bond acceptors (Lipinski definition) is 5. The molecule has 0 N–H and O–H groups in total. The number of nitro groups is 1. The van der Waals surface area contributed by atoms with Gasteiger partial charge in [0, 0.05) is 4.92 Å². The Morgan fingerprint density at radius 3 is 2.25 bits per heavy atom. The number of thioether (sulfide) groups is 2. The summed E-state index contributed by atoms with van der Waals surface area (Å²) < 4.78 is -0.808. The van der Waals surface area contributed by atoms with E-state index in [1.165, 1.54) is 23.5 Å². The number of nitriles is 1. The molecule has 0 aliphatic carbocycles. The van der Waals surface area contributed by atoms with Crippen LogP contribution in [0.2, 0.25) is 0 Å². The van der Waals surface area contributed by atoms with Gasteiger partial charge in [-0.2, -0.15) is 5.26 Å². The van der Waals surface area contributed by atoms with Gasteiger partial charge in [0.2, 0.25) is 6.54 Å². The van der Waals surface area contributed by atoms with Crippen LogP contribution in [0.15, 0.2) is 30.3 Å². The standard InChI is InChI=1S/C14H18N2O2S2/c1-3-19-14(11-15,20-4-2)13(10-16(17)18)12-8-6-5-7-9-12/h5-9,13H,3-4,10H2,1-2H3/t13-/m0/s1. The third-order valence-electron chi connectivity index (χ3n) is 2.87. The molecular formula is C14H18N2O2S2. The summed E-state index contributed by atoms with van der Waals surface area (Å²) in [6.07, 6.45) is 0.